The Kier molecular flexibility index (Phi) is 1.84. The topological polar surface area (TPSA) is 48.1 Å². The van der Waals surface area contributed by atoms with E-state index in [4.69, 9.17) is 0 Å². The maximum Gasteiger partial charge on any atom is 0.250 e. The molecule has 0 aromatic carbocycles. The van der Waals surface area contributed by atoms with Crippen molar-refractivity contribution in [3.8, 4) is 0 Å². The van der Waals surface area contributed by atoms with Gasteiger partial charge in [0.1, 0.15) is 0 Å². The van der Waals surface area contributed by atoms with Crippen molar-refractivity contribution in [2.24, 2.45) is 0 Å². The molecular formula is C6H6N2O2. The van der Waals surface area contributed by atoms with Crippen molar-refractivity contribution in [1.82, 2.24) is 4.57 Å². The average molecular weight is 138 g/mol. The van der Waals surface area contributed by atoms with Crippen molar-refractivity contribution >= 4 is 6.20 Å². The molecule has 1 heterocycles. The fourth-order valence-corrected chi connectivity index (χ4v) is 0.579. The molecule has 0 unspecified atom stereocenters. The second kappa shape index (κ2) is 2.82. The highest BCUT2D eigenvalue weighted by atomic mass is 16.6. The third-order valence-corrected chi connectivity index (χ3v) is 0.988. The van der Waals surface area contributed by atoms with E-state index in [9.17, 15) is 10.1 Å². The SMILES string of the molecule is O=[N+]([O-])/C=C/n1cccc1. The summed E-state index contributed by atoms with van der Waals surface area (Å²) in [6.07, 6.45) is 5.71. The Labute approximate surface area is 57.5 Å². The second-order valence-electron chi connectivity index (χ2n) is 1.71. The lowest BCUT2D eigenvalue weighted by atomic mass is 10.7. The van der Waals surface area contributed by atoms with Gasteiger partial charge in [0.2, 0.25) is 0 Å². The predicted octanol–water partition coefficient (Wildman–Crippen LogP) is 1.19. The van der Waals surface area contributed by atoms with Crippen molar-refractivity contribution in [3.63, 3.8) is 0 Å². The molecule has 0 aliphatic rings. The van der Waals surface area contributed by atoms with E-state index in [1.54, 1.807) is 29.1 Å². The second-order valence-corrected chi connectivity index (χ2v) is 1.71. The molecule has 0 N–H and O–H groups in total. The van der Waals surface area contributed by atoms with Crippen molar-refractivity contribution in [1.29, 1.82) is 0 Å². The fraction of sp³-hybridized carbons (Fsp3) is 0. The van der Waals surface area contributed by atoms with E-state index in [1.165, 1.54) is 6.20 Å². The normalized spacial score (nSPS) is 10.4. The first-order valence-electron chi connectivity index (χ1n) is 2.73. The van der Waals surface area contributed by atoms with Crippen LogP contribution in [0.25, 0.3) is 6.20 Å². The van der Waals surface area contributed by atoms with Crippen LogP contribution in [0.2, 0.25) is 0 Å². The van der Waals surface area contributed by atoms with Crippen LogP contribution in [0, 0.1) is 10.1 Å². The molecule has 1 aromatic rings. The minimum Gasteiger partial charge on any atom is -0.325 e. The van der Waals surface area contributed by atoms with Crippen LogP contribution >= 0.6 is 0 Å². The lowest BCUT2D eigenvalue weighted by molar-refractivity contribution is -0.401. The maximum atomic E-state index is 9.80. The summed E-state index contributed by atoms with van der Waals surface area (Å²) in [5.74, 6) is 0. The molecule has 0 amide bonds. The van der Waals surface area contributed by atoms with E-state index in [2.05, 4.69) is 0 Å². The van der Waals surface area contributed by atoms with Gasteiger partial charge in [-0.2, -0.15) is 0 Å². The zero-order chi connectivity index (χ0) is 7.40. The van der Waals surface area contributed by atoms with Crippen LogP contribution in [0.15, 0.2) is 30.7 Å². The Morgan fingerprint density at radius 3 is 2.50 bits per heavy atom. The minimum atomic E-state index is -0.500. The van der Waals surface area contributed by atoms with Crippen LogP contribution in [0.3, 0.4) is 0 Å². The molecule has 0 bridgehead atoms. The average Bonchev–Trinajstić information content (AvgIpc) is 2.34. The van der Waals surface area contributed by atoms with Gasteiger partial charge in [0, 0.05) is 12.4 Å². The lowest BCUT2D eigenvalue weighted by Gasteiger charge is -1.85. The van der Waals surface area contributed by atoms with E-state index < -0.39 is 4.92 Å². The quantitative estimate of drug-likeness (QED) is 0.455. The van der Waals surface area contributed by atoms with Gasteiger partial charge in [0.05, 0.1) is 11.1 Å². The molecule has 0 aliphatic carbocycles. The molecule has 0 aliphatic heterocycles. The first kappa shape index (κ1) is 6.54. The fourth-order valence-electron chi connectivity index (χ4n) is 0.579. The molecule has 4 heteroatoms. The van der Waals surface area contributed by atoms with Gasteiger partial charge in [-0.3, -0.25) is 10.1 Å². The summed E-state index contributed by atoms with van der Waals surface area (Å²) in [5, 5.41) is 9.80. The third kappa shape index (κ3) is 1.74. The zero-order valence-electron chi connectivity index (χ0n) is 5.18. The van der Waals surface area contributed by atoms with Gasteiger partial charge in [-0.25, -0.2) is 0 Å². The summed E-state index contributed by atoms with van der Waals surface area (Å²) < 4.78 is 1.60. The Morgan fingerprint density at radius 1 is 1.40 bits per heavy atom. The molecule has 1 aromatic heterocycles. The van der Waals surface area contributed by atoms with E-state index in [1.807, 2.05) is 0 Å². The number of nitrogens with zero attached hydrogens (tertiary/aromatic N) is 2. The molecule has 0 atom stereocenters. The van der Waals surface area contributed by atoms with Crippen molar-refractivity contribution < 1.29 is 4.92 Å². The number of hydrogen-bond donors (Lipinski definition) is 0. The summed E-state index contributed by atoms with van der Waals surface area (Å²) in [6.45, 7) is 0. The molecule has 0 saturated carbocycles. The summed E-state index contributed by atoms with van der Waals surface area (Å²) in [5.41, 5.74) is 0. The Bertz CT molecular complexity index is 238. The Balaban J connectivity index is 2.64. The van der Waals surface area contributed by atoms with Crippen LogP contribution in [-0.4, -0.2) is 9.49 Å². The number of nitro groups is 1. The van der Waals surface area contributed by atoms with Gasteiger partial charge in [-0.15, -0.1) is 0 Å². The van der Waals surface area contributed by atoms with E-state index in [0.717, 1.165) is 6.20 Å². The molecule has 0 spiro atoms. The van der Waals surface area contributed by atoms with Gasteiger partial charge in [-0.1, -0.05) is 0 Å². The lowest BCUT2D eigenvalue weighted by Crippen LogP contribution is -1.85. The summed E-state index contributed by atoms with van der Waals surface area (Å²) in [6, 6.07) is 3.59. The molecule has 0 saturated heterocycles. The largest absolute Gasteiger partial charge is 0.325 e. The van der Waals surface area contributed by atoms with E-state index in [0.29, 0.717) is 0 Å². The standard InChI is InChI=1S/C6H6N2O2/c9-8(10)6-5-7-3-1-2-4-7/h1-6H/b6-5+. The van der Waals surface area contributed by atoms with Crippen LogP contribution in [-0.2, 0) is 0 Å². The minimum absolute atomic E-state index is 0.500. The summed E-state index contributed by atoms with van der Waals surface area (Å²) in [4.78, 5) is 9.30. The highest BCUT2D eigenvalue weighted by molar-refractivity contribution is 5.19. The smallest absolute Gasteiger partial charge is 0.250 e. The summed E-state index contributed by atoms with van der Waals surface area (Å²) in [7, 11) is 0. The van der Waals surface area contributed by atoms with Crippen molar-refractivity contribution in [2.75, 3.05) is 0 Å². The molecule has 1 rings (SSSR count). The van der Waals surface area contributed by atoms with Crippen molar-refractivity contribution in [3.05, 3.63) is 40.8 Å². The predicted molar refractivity (Wildman–Crippen MR) is 36.8 cm³/mol. The first-order valence-corrected chi connectivity index (χ1v) is 2.73. The molecule has 0 fully saturated rings. The number of aromatic nitrogens is 1. The monoisotopic (exact) mass is 138 g/mol. The summed E-state index contributed by atoms with van der Waals surface area (Å²) >= 11 is 0. The van der Waals surface area contributed by atoms with Crippen LogP contribution in [0.1, 0.15) is 0 Å². The van der Waals surface area contributed by atoms with Gasteiger partial charge in [-0.05, 0) is 12.1 Å². The molecule has 10 heavy (non-hydrogen) atoms. The van der Waals surface area contributed by atoms with Crippen LogP contribution in [0.5, 0.6) is 0 Å². The number of rotatable bonds is 2. The zero-order valence-corrected chi connectivity index (χ0v) is 5.18. The van der Waals surface area contributed by atoms with Gasteiger partial charge < -0.3 is 4.57 Å². The van der Waals surface area contributed by atoms with E-state index in [-0.39, 0.29) is 0 Å². The van der Waals surface area contributed by atoms with Gasteiger partial charge in [0.25, 0.3) is 6.20 Å². The molecule has 4 nitrogen and oxygen atoms in total. The van der Waals surface area contributed by atoms with E-state index >= 15 is 0 Å². The molecular weight excluding hydrogens is 132 g/mol. The maximum absolute atomic E-state index is 9.80. The van der Waals surface area contributed by atoms with Crippen LogP contribution in [0.4, 0.5) is 0 Å². The van der Waals surface area contributed by atoms with Gasteiger partial charge >= 0.3 is 0 Å². The molecule has 52 valence electrons. The molecule has 0 radical (unpaired) electrons. The highest BCUT2D eigenvalue weighted by Gasteiger charge is 1.84. The first-order chi connectivity index (χ1) is 4.79. The highest BCUT2D eigenvalue weighted by Crippen LogP contribution is 1.89. The Hall–Kier alpha value is -1.58. The third-order valence-electron chi connectivity index (χ3n) is 0.988. The van der Waals surface area contributed by atoms with Gasteiger partial charge in [0.15, 0.2) is 0 Å². The number of hydrogen-bond acceptors (Lipinski definition) is 2. The van der Waals surface area contributed by atoms with Crippen LogP contribution < -0.4 is 0 Å². The van der Waals surface area contributed by atoms with Crippen molar-refractivity contribution in [2.45, 2.75) is 0 Å². The Morgan fingerprint density at radius 2 is 2.00 bits per heavy atom.